The number of hydrazone groups is 1. The van der Waals surface area contributed by atoms with Gasteiger partial charge in [-0.15, -0.1) is 0 Å². The second-order valence-corrected chi connectivity index (χ2v) is 7.00. The molecule has 2 aromatic carbocycles. The van der Waals surface area contributed by atoms with Gasteiger partial charge in [0, 0.05) is 11.1 Å². The van der Waals surface area contributed by atoms with Crippen LogP contribution in [0.5, 0.6) is 17.2 Å². The van der Waals surface area contributed by atoms with Crippen LogP contribution in [0.25, 0.3) is 11.3 Å². The lowest BCUT2D eigenvalue weighted by molar-refractivity contribution is -0.120. The van der Waals surface area contributed by atoms with Crippen molar-refractivity contribution in [3.05, 3.63) is 64.9 Å². The molecule has 0 unspecified atom stereocenters. The highest BCUT2D eigenvalue weighted by Crippen LogP contribution is 2.31. The number of methoxy groups -OCH3 is 3. The molecule has 0 atom stereocenters. The van der Waals surface area contributed by atoms with E-state index in [1.54, 1.807) is 36.4 Å². The molecule has 0 aliphatic rings. The fourth-order valence-electron chi connectivity index (χ4n) is 2.84. The summed E-state index contributed by atoms with van der Waals surface area (Å²) in [5, 5.41) is 6.81. The topological polar surface area (TPSA) is 111 Å². The maximum Gasteiger partial charge on any atom is 0.259 e. The molecule has 0 saturated carbocycles. The van der Waals surface area contributed by atoms with E-state index in [1.807, 2.05) is 6.07 Å². The summed E-state index contributed by atoms with van der Waals surface area (Å²) in [6.07, 6.45) is 1.35. The molecule has 0 fully saturated rings. The molecule has 172 valence electrons. The normalized spacial score (nSPS) is 10.7. The van der Waals surface area contributed by atoms with Crippen LogP contribution in [0.15, 0.2) is 58.0 Å². The summed E-state index contributed by atoms with van der Waals surface area (Å²) >= 11 is 6.14. The zero-order valence-corrected chi connectivity index (χ0v) is 18.9. The van der Waals surface area contributed by atoms with Crippen LogP contribution in [-0.4, -0.2) is 45.9 Å². The molecule has 33 heavy (non-hydrogen) atoms. The van der Waals surface area contributed by atoms with Crippen LogP contribution in [-0.2, 0) is 4.79 Å². The molecule has 0 saturated heterocycles. The van der Waals surface area contributed by atoms with Gasteiger partial charge < -0.3 is 23.9 Å². The first kappa shape index (κ1) is 23.7. The largest absolute Gasteiger partial charge is 0.495 e. The zero-order valence-electron chi connectivity index (χ0n) is 18.2. The van der Waals surface area contributed by atoms with Crippen molar-refractivity contribution in [2.24, 2.45) is 5.10 Å². The molecule has 0 bridgehead atoms. The van der Waals surface area contributed by atoms with E-state index in [4.69, 9.17) is 30.2 Å². The maximum absolute atomic E-state index is 12.3. The fraction of sp³-hybridized carbons (Fsp3) is 0.174. The van der Waals surface area contributed by atoms with Gasteiger partial charge in [-0.3, -0.25) is 9.59 Å². The van der Waals surface area contributed by atoms with Gasteiger partial charge in [-0.1, -0.05) is 11.6 Å². The van der Waals surface area contributed by atoms with Gasteiger partial charge in [-0.2, -0.15) is 5.10 Å². The van der Waals surface area contributed by atoms with Gasteiger partial charge in [-0.05, 0) is 48.5 Å². The highest BCUT2D eigenvalue weighted by Gasteiger charge is 2.12. The third kappa shape index (κ3) is 6.05. The van der Waals surface area contributed by atoms with Crippen molar-refractivity contribution < 1.29 is 28.2 Å². The fourth-order valence-corrected chi connectivity index (χ4v) is 3.10. The predicted molar refractivity (Wildman–Crippen MR) is 123 cm³/mol. The molecule has 0 aliphatic heterocycles. The van der Waals surface area contributed by atoms with Gasteiger partial charge in [0.15, 0.2) is 11.5 Å². The van der Waals surface area contributed by atoms with Gasteiger partial charge in [0.1, 0.15) is 17.3 Å². The number of hydrogen-bond acceptors (Lipinski definition) is 7. The quantitative estimate of drug-likeness (QED) is 0.365. The predicted octanol–water partition coefficient (Wildman–Crippen LogP) is 3.51. The minimum atomic E-state index is -0.506. The van der Waals surface area contributed by atoms with Gasteiger partial charge >= 0.3 is 0 Å². The Morgan fingerprint density at radius 3 is 2.39 bits per heavy atom. The van der Waals surface area contributed by atoms with Gasteiger partial charge in [-0.25, -0.2) is 5.43 Å². The van der Waals surface area contributed by atoms with Gasteiger partial charge in [0.25, 0.3) is 11.8 Å². The third-order valence-electron chi connectivity index (χ3n) is 4.50. The molecular formula is C23H22ClN3O6. The Morgan fingerprint density at radius 2 is 1.70 bits per heavy atom. The second-order valence-electron chi connectivity index (χ2n) is 6.60. The van der Waals surface area contributed by atoms with Crippen molar-refractivity contribution in [3.63, 3.8) is 0 Å². The molecule has 1 aromatic heterocycles. The minimum absolute atomic E-state index is 0.266. The van der Waals surface area contributed by atoms with Crippen molar-refractivity contribution in [2.45, 2.75) is 0 Å². The molecule has 3 rings (SSSR count). The Balaban J connectivity index is 1.51. The van der Waals surface area contributed by atoms with Crippen LogP contribution in [0, 0.1) is 0 Å². The minimum Gasteiger partial charge on any atom is -0.495 e. The Kier molecular flexibility index (Phi) is 7.93. The van der Waals surface area contributed by atoms with Crippen LogP contribution >= 0.6 is 11.6 Å². The summed E-state index contributed by atoms with van der Waals surface area (Å²) in [7, 11) is 4.51. The second kappa shape index (κ2) is 11.1. The first-order valence-electron chi connectivity index (χ1n) is 9.71. The van der Waals surface area contributed by atoms with E-state index >= 15 is 0 Å². The summed E-state index contributed by atoms with van der Waals surface area (Å²) in [5.74, 6) is 1.53. The number of rotatable bonds is 9. The smallest absolute Gasteiger partial charge is 0.259 e. The van der Waals surface area contributed by atoms with Gasteiger partial charge in [0.05, 0.1) is 39.1 Å². The SMILES string of the molecule is COc1ccc(-c2ccc(/C=N\NC(=O)CNC(=O)c3ccc(OC)c(OC)c3)o2)cc1Cl. The third-order valence-corrected chi connectivity index (χ3v) is 4.79. The van der Waals surface area contributed by atoms with Crippen LogP contribution < -0.4 is 25.0 Å². The average molecular weight is 472 g/mol. The van der Waals surface area contributed by atoms with E-state index in [-0.39, 0.29) is 6.54 Å². The summed E-state index contributed by atoms with van der Waals surface area (Å²) in [6, 6.07) is 13.4. The monoisotopic (exact) mass is 471 g/mol. The summed E-state index contributed by atoms with van der Waals surface area (Å²) < 4.78 is 21.1. The van der Waals surface area contributed by atoms with Gasteiger partial charge in [0.2, 0.25) is 0 Å². The van der Waals surface area contributed by atoms with Crippen LogP contribution in [0.3, 0.4) is 0 Å². The number of ether oxygens (including phenoxy) is 3. The van der Waals surface area contributed by atoms with Crippen molar-refractivity contribution in [3.8, 4) is 28.6 Å². The first-order chi connectivity index (χ1) is 15.9. The highest BCUT2D eigenvalue weighted by atomic mass is 35.5. The number of carbonyl (C=O) groups is 2. The summed E-state index contributed by atoms with van der Waals surface area (Å²) in [6.45, 7) is -0.266. The molecule has 10 heteroatoms. The molecular weight excluding hydrogens is 450 g/mol. The van der Waals surface area contributed by atoms with Crippen molar-refractivity contribution in [1.29, 1.82) is 0 Å². The maximum atomic E-state index is 12.3. The number of benzene rings is 2. The lowest BCUT2D eigenvalue weighted by Crippen LogP contribution is -2.34. The Bertz CT molecular complexity index is 1170. The van der Waals surface area contributed by atoms with Crippen LogP contribution in [0.1, 0.15) is 16.1 Å². The number of amides is 2. The molecule has 2 amide bonds. The number of nitrogens with zero attached hydrogens (tertiary/aromatic N) is 1. The first-order valence-corrected chi connectivity index (χ1v) is 10.1. The van der Waals surface area contributed by atoms with Crippen molar-refractivity contribution >= 4 is 29.6 Å². The standard InChI is InChI=1S/C23H22ClN3O6/c1-30-19-7-4-14(10-17(19)24)18-9-6-16(33-18)12-26-27-22(28)13-25-23(29)15-5-8-20(31-2)21(11-15)32-3/h4-12H,13H2,1-3H3,(H,25,29)(H,27,28)/b26-12-. The Labute approximate surface area is 195 Å². The number of hydrogen-bond donors (Lipinski definition) is 2. The lowest BCUT2D eigenvalue weighted by atomic mass is 10.2. The molecule has 1 heterocycles. The van der Waals surface area contributed by atoms with Crippen molar-refractivity contribution in [1.82, 2.24) is 10.7 Å². The van der Waals surface area contributed by atoms with E-state index in [2.05, 4.69) is 15.8 Å². The molecule has 0 aliphatic carbocycles. The highest BCUT2D eigenvalue weighted by molar-refractivity contribution is 6.32. The molecule has 0 radical (unpaired) electrons. The Hall–Kier alpha value is -3.98. The molecule has 2 N–H and O–H groups in total. The Morgan fingerprint density at radius 1 is 0.970 bits per heavy atom. The average Bonchev–Trinajstić information content (AvgIpc) is 3.30. The van der Waals surface area contributed by atoms with E-state index < -0.39 is 11.8 Å². The number of nitrogens with one attached hydrogen (secondary N) is 2. The molecule has 0 spiro atoms. The number of carbonyl (C=O) groups excluding carboxylic acids is 2. The van der Waals surface area contributed by atoms with E-state index in [1.165, 1.54) is 33.6 Å². The summed E-state index contributed by atoms with van der Waals surface area (Å²) in [4.78, 5) is 24.2. The number of halogens is 1. The van der Waals surface area contributed by atoms with Crippen molar-refractivity contribution in [2.75, 3.05) is 27.9 Å². The lowest BCUT2D eigenvalue weighted by Gasteiger charge is -2.09. The molecule has 3 aromatic rings. The van der Waals surface area contributed by atoms with E-state index in [0.29, 0.717) is 39.4 Å². The van der Waals surface area contributed by atoms with E-state index in [9.17, 15) is 9.59 Å². The number of furan rings is 1. The van der Waals surface area contributed by atoms with Crippen LogP contribution in [0.4, 0.5) is 0 Å². The van der Waals surface area contributed by atoms with Crippen LogP contribution in [0.2, 0.25) is 5.02 Å². The molecule has 9 nitrogen and oxygen atoms in total. The zero-order chi connectivity index (χ0) is 23.8. The van der Waals surface area contributed by atoms with E-state index in [0.717, 1.165) is 5.56 Å². The summed E-state index contributed by atoms with van der Waals surface area (Å²) in [5.41, 5.74) is 3.42.